The Balaban J connectivity index is 2.91. The molecule has 6 heteroatoms. The molecule has 0 heterocycles. The van der Waals surface area contributed by atoms with Crippen LogP contribution in [-0.2, 0) is 4.79 Å². The highest BCUT2D eigenvalue weighted by Crippen LogP contribution is 2.14. The molecule has 0 aromatic carbocycles. The maximum atomic E-state index is 10.5. The third-order valence-corrected chi connectivity index (χ3v) is 1.52. The van der Waals surface area contributed by atoms with Crippen LogP contribution in [0.5, 0.6) is 0 Å². The summed E-state index contributed by atoms with van der Waals surface area (Å²) in [4.78, 5) is 13.0. The van der Waals surface area contributed by atoms with Crippen molar-refractivity contribution in [2.75, 3.05) is 0 Å². The van der Waals surface area contributed by atoms with Crippen molar-refractivity contribution in [2.24, 2.45) is 11.0 Å². The zero-order chi connectivity index (χ0) is 9.84. The first-order valence-electron chi connectivity index (χ1n) is 3.41. The lowest BCUT2D eigenvalue weighted by Crippen LogP contribution is -2.21. The third kappa shape index (κ3) is 1.94. The van der Waals surface area contributed by atoms with Crippen LogP contribution in [0.1, 0.15) is 0 Å². The molecule has 0 radical (unpaired) electrons. The maximum absolute atomic E-state index is 10.5. The van der Waals surface area contributed by atoms with E-state index >= 15 is 0 Å². The van der Waals surface area contributed by atoms with E-state index in [1.165, 1.54) is 18.2 Å². The Kier molecular flexibility index (Phi) is 2.47. The van der Waals surface area contributed by atoms with Gasteiger partial charge in [0.25, 0.3) is 0 Å². The minimum absolute atomic E-state index is 0.0857. The summed E-state index contributed by atoms with van der Waals surface area (Å²) < 4.78 is 0. The van der Waals surface area contributed by atoms with Crippen molar-refractivity contribution in [1.82, 2.24) is 0 Å². The first-order valence-corrected chi connectivity index (χ1v) is 3.41. The van der Waals surface area contributed by atoms with Crippen LogP contribution in [-0.4, -0.2) is 16.8 Å². The number of nitrogens with zero attached hydrogens (tertiary/aromatic N) is 3. The summed E-state index contributed by atoms with van der Waals surface area (Å²) in [7, 11) is 0. The minimum atomic E-state index is -1.09. The highest BCUT2D eigenvalue weighted by atomic mass is 16.4. The largest absolute Gasteiger partial charge is 0.481 e. The van der Waals surface area contributed by atoms with Gasteiger partial charge in [-0.15, -0.1) is 0 Å². The van der Waals surface area contributed by atoms with Gasteiger partial charge in [-0.05, 0) is 11.6 Å². The quantitative estimate of drug-likeness (QED) is 0.379. The van der Waals surface area contributed by atoms with Crippen LogP contribution in [0.15, 0.2) is 29.0 Å². The smallest absolute Gasteiger partial charge is 0.316 e. The van der Waals surface area contributed by atoms with Gasteiger partial charge in [0.15, 0.2) is 0 Å². The number of hydrogen-bond acceptors (Lipinski definition) is 3. The molecule has 2 N–H and O–H groups in total. The molecule has 66 valence electrons. The fourth-order valence-electron chi connectivity index (χ4n) is 0.925. The summed E-state index contributed by atoms with van der Waals surface area (Å²) in [6.45, 7) is 0. The van der Waals surface area contributed by atoms with Gasteiger partial charge in [-0.3, -0.25) is 4.79 Å². The molecule has 0 saturated carbocycles. The van der Waals surface area contributed by atoms with Gasteiger partial charge in [0.2, 0.25) is 0 Å². The van der Waals surface area contributed by atoms with Crippen molar-refractivity contribution >= 4 is 11.7 Å². The van der Waals surface area contributed by atoms with Gasteiger partial charge < -0.3 is 10.5 Å². The number of hydrogen-bond donors (Lipinski definition) is 2. The van der Waals surface area contributed by atoms with Gasteiger partial charge in [0, 0.05) is 16.3 Å². The zero-order valence-electron chi connectivity index (χ0n) is 6.51. The van der Waals surface area contributed by atoms with Crippen molar-refractivity contribution in [1.29, 1.82) is 5.41 Å². The Morgan fingerprint density at radius 1 is 1.77 bits per heavy atom. The van der Waals surface area contributed by atoms with E-state index in [4.69, 9.17) is 16.0 Å². The van der Waals surface area contributed by atoms with E-state index < -0.39 is 11.9 Å². The number of carbonyl (C=O) groups is 1. The highest BCUT2D eigenvalue weighted by Gasteiger charge is 2.20. The lowest BCUT2D eigenvalue weighted by atomic mass is 9.98. The zero-order valence-corrected chi connectivity index (χ0v) is 6.51. The first kappa shape index (κ1) is 9.02. The molecule has 1 atom stereocenters. The SMILES string of the molecule is [N-]=[N+]=NC1=CC(=N)C(C(=O)O)C=C1. The van der Waals surface area contributed by atoms with Crippen LogP contribution >= 0.6 is 0 Å². The van der Waals surface area contributed by atoms with Crippen LogP contribution in [0.2, 0.25) is 0 Å². The minimum Gasteiger partial charge on any atom is -0.481 e. The number of allylic oxidation sites excluding steroid dienone is 2. The van der Waals surface area contributed by atoms with Crippen molar-refractivity contribution in [3.05, 3.63) is 34.4 Å². The molecule has 0 aliphatic heterocycles. The fraction of sp³-hybridized carbons (Fsp3) is 0.143. The standard InChI is InChI=1S/C7H6N4O2/c8-6-3-4(10-11-9)1-2-5(6)7(12)13/h1-3,5,8H,(H,12,13). The number of nitrogens with one attached hydrogen (secondary N) is 1. The van der Waals surface area contributed by atoms with Crippen LogP contribution in [0, 0.1) is 11.3 Å². The average Bonchev–Trinajstić information content (AvgIpc) is 2.04. The normalized spacial score (nSPS) is 20.5. The summed E-state index contributed by atoms with van der Waals surface area (Å²) in [6, 6.07) is 0. The van der Waals surface area contributed by atoms with Crippen LogP contribution < -0.4 is 0 Å². The maximum Gasteiger partial charge on any atom is 0.316 e. The summed E-state index contributed by atoms with van der Waals surface area (Å²) in [5.41, 5.74) is 8.25. The van der Waals surface area contributed by atoms with Crippen LogP contribution in [0.4, 0.5) is 0 Å². The molecular weight excluding hydrogens is 172 g/mol. The number of carboxylic acid groups (broad SMARTS) is 1. The van der Waals surface area contributed by atoms with E-state index in [0.29, 0.717) is 0 Å². The molecule has 6 nitrogen and oxygen atoms in total. The number of aliphatic carboxylic acids is 1. The van der Waals surface area contributed by atoms with Crippen molar-refractivity contribution in [2.45, 2.75) is 0 Å². The number of carboxylic acids is 1. The Labute approximate surface area is 73.3 Å². The molecule has 0 aromatic heterocycles. The third-order valence-electron chi connectivity index (χ3n) is 1.52. The van der Waals surface area contributed by atoms with E-state index in [9.17, 15) is 4.79 Å². The van der Waals surface area contributed by atoms with Crippen molar-refractivity contribution < 1.29 is 9.90 Å². The van der Waals surface area contributed by atoms with Gasteiger partial charge in [-0.2, -0.15) is 0 Å². The molecule has 1 rings (SSSR count). The molecule has 1 unspecified atom stereocenters. The van der Waals surface area contributed by atoms with E-state index in [1.54, 1.807) is 0 Å². The molecule has 0 saturated heterocycles. The fourth-order valence-corrected chi connectivity index (χ4v) is 0.925. The summed E-state index contributed by atoms with van der Waals surface area (Å²) in [6.07, 6.45) is 3.93. The second kappa shape index (κ2) is 3.55. The van der Waals surface area contributed by atoms with Crippen LogP contribution in [0.3, 0.4) is 0 Å². The molecule has 0 aromatic rings. The Morgan fingerprint density at radius 3 is 2.92 bits per heavy atom. The van der Waals surface area contributed by atoms with Gasteiger partial charge in [-0.25, -0.2) is 0 Å². The number of rotatable bonds is 2. The molecular formula is C7H6N4O2. The van der Waals surface area contributed by atoms with Gasteiger partial charge in [-0.1, -0.05) is 17.3 Å². The second-order valence-corrected chi connectivity index (χ2v) is 2.39. The molecule has 13 heavy (non-hydrogen) atoms. The molecule has 0 bridgehead atoms. The Morgan fingerprint density at radius 2 is 2.46 bits per heavy atom. The van der Waals surface area contributed by atoms with Crippen molar-refractivity contribution in [3.63, 3.8) is 0 Å². The number of azide groups is 1. The lowest BCUT2D eigenvalue weighted by Gasteiger charge is -2.10. The predicted octanol–water partition coefficient (Wildman–Crippen LogP) is 1.47. The average molecular weight is 178 g/mol. The van der Waals surface area contributed by atoms with Gasteiger partial charge in [0.1, 0.15) is 5.92 Å². The van der Waals surface area contributed by atoms with Gasteiger partial charge >= 0.3 is 5.97 Å². The van der Waals surface area contributed by atoms with E-state index in [-0.39, 0.29) is 11.4 Å². The molecule has 0 amide bonds. The van der Waals surface area contributed by atoms with E-state index in [1.807, 2.05) is 0 Å². The summed E-state index contributed by atoms with van der Waals surface area (Å²) >= 11 is 0. The summed E-state index contributed by atoms with van der Waals surface area (Å²) in [5, 5.41) is 19.1. The Bertz CT molecular complexity index is 363. The van der Waals surface area contributed by atoms with Crippen LogP contribution in [0.25, 0.3) is 10.4 Å². The molecule has 0 spiro atoms. The van der Waals surface area contributed by atoms with Gasteiger partial charge in [0.05, 0.1) is 0 Å². The molecule has 1 aliphatic rings. The molecule has 1 aliphatic carbocycles. The van der Waals surface area contributed by atoms with Crippen molar-refractivity contribution in [3.8, 4) is 0 Å². The van der Waals surface area contributed by atoms with E-state index in [0.717, 1.165) is 0 Å². The molecule has 0 fully saturated rings. The topological polar surface area (TPSA) is 110 Å². The monoisotopic (exact) mass is 178 g/mol. The lowest BCUT2D eigenvalue weighted by molar-refractivity contribution is -0.138. The predicted molar refractivity (Wildman–Crippen MR) is 45.2 cm³/mol. The Hall–Kier alpha value is -2.07. The highest BCUT2D eigenvalue weighted by molar-refractivity contribution is 6.09. The first-order chi connectivity index (χ1) is 6.15. The second-order valence-electron chi connectivity index (χ2n) is 2.39. The van der Waals surface area contributed by atoms with E-state index in [2.05, 4.69) is 10.0 Å². The summed E-state index contributed by atoms with van der Waals surface area (Å²) in [5.74, 6) is -2.02.